The number of likely N-dealkylation sites (tertiary alicyclic amines) is 1. The number of hydrogen-bond acceptors (Lipinski definition) is 7. The second-order valence-corrected chi connectivity index (χ2v) is 7.35. The number of hydrogen-bond donors (Lipinski definition) is 0. The van der Waals surface area contributed by atoms with Crippen LogP contribution in [0, 0.1) is 0 Å². The Morgan fingerprint density at radius 3 is 2.64 bits per heavy atom. The monoisotopic (exact) mass is 397 g/mol. The van der Waals surface area contributed by atoms with Crippen molar-refractivity contribution in [3.8, 4) is 11.3 Å². The minimum Gasteiger partial charge on any atom is -0.414 e. The molecular formula is C19H19N5O3S. The Kier molecular flexibility index (Phi) is 5.52. The highest BCUT2D eigenvalue weighted by molar-refractivity contribution is 7.99. The van der Waals surface area contributed by atoms with E-state index in [4.69, 9.17) is 4.42 Å². The average Bonchev–Trinajstić information content (AvgIpc) is 3.41. The fourth-order valence-electron chi connectivity index (χ4n) is 2.99. The SMILES string of the molecule is O=C(CSc1nnc(Cn2nc(-c3ccccc3)ccc2=O)o1)N1CCCC1. The van der Waals surface area contributed by atoms with Gasteiger partial charge in [0.05, 0.1) is 11.4 Å². The van der Waals surface area contributed by atoms with Gasteiger partial charge in [-0.1, -0.05) is 42.1 Å². The molecule has 1 aliphatic rings. The minimum absolute atomic E-state index is 0.0765. The Labute approximate surface area is 165 Å². The maximum atomic E-state index is 12.1. The summed E-state index contributed by atoms with van der Waals surface area (Å²) in [4.78, 5) is 26.1. The lowest BCUT2D eigenvalue weighted by molar-refractivity contribution is -0.127. The molecule has 1 fully saturated rings. The lowest BCUT2D eigenvalue weighted by Gasteiger charge is -2.13. The molecule has 1 aromatic carbocycles. The van der Waals surface area contributed by atoms with Gasteiger partial charge in [0.1, 0.15) is 6.54 Å². The highest BCUT2D eigenvalue weighted by Gasteiger charge is 2.19. The summed E-state index contributed by atoms with van der Waals surface area (Å²) >= 11 is 1.21. The molecule has 0 radical (unpaired) electrons. The van der Waals surface area contributed by atoms with Crippen LogP contribution in [0.25, 0.3) is 11.3 Å². The van der Waals surface area contributed by atoms with Crippen molar-refractivity contribution >= 4 is 17.7 Å². The maximum Gasteiger partial charge on any atom is 0.277 e. The van der Waals surface area contributed by atoms with E-state index in [-0.39, 0.29) is 29.7 Å². The van der Waals surface area contributed by atoms with Crippen LogP contribution in [-0.4, -0.2) is 49.6 Å². The fraction of sp³-hybridized carbons (Fsp3) is 0.316. The third-order valence-electron chi connectivity index (χ3n) is 4.45. The second kappa shape index (κ2) is 8.39. The smallest absolute Gasteiger partial charge is 0.277 e. The van der Waals surface area contributed by atoms with Crippen molar-refractivity contribution in [2.45, 2.75) is 24.6 Å². The predicted molar refractivity (Wildman–Crippen MR) is 104 cm³/mol. The quantitative estimate of drug-likeness (QED) is 0.588. The molecule has 0 N–H and O–H groups in total. The molecule has 144 valence electrons. The summed E-state index contributed by atoms with van der Waals surface area (Å²) in [5.41, 5.74) is 1.35. The van der Waals surface area contributed by atoms with Crippen LogP contribution < -0.4 is 5.56 Å². The fourth-order valence-corrected chi connectivity index (χ4v) is 3.68. The van der Waals surface area contributed by atoms with E-state index >= 15 is 0 Å². The molecule has 1 aliphatic heterocycles. The van der Waals surface area contributed by atoms with Gasteiger partial charge in [-0.05, 0) is 18.9 Å². The van der Waals surface area contributed by atoms with Crippen molar-refractivity contribution < 1.29 is 9.21 Å². The predicted octanol–water partition coefficient (Wildman–Crippen LogP) is 2.06. The molecule has 9 heteroatoms. The van der Waals surface area contributed by atoms with Gasteiger partial charge in [-0.3, -0.25) is 9.59 Å². The Morgan fingerprint density at radius 2 is 1.86 bits per heavy atom. The molecule has 3 heterocycles. The Morgan fingerprint density at radius 1 is 1.07 bits per heavy atom. The number of aromatic nitrogens is 4. The number of amides is 1. The number of carbonyl (C=O) groups is 1. The molecule has 28 heavy (non-hydrogen) atoms. The van der Waals surface area contributed by atoms with Gasteiger partial charge in [0.25, 0.3) is 10.8 Å². The normalized spacial score (nSPS) is 13.8. The number of nitrogens with zero attached hydrogens (tertiary/aromatic N) is 5. The summed E-state index contributed by atoms with van der Waals surface area (Å²) in [6.45, 7) is 1.72. The van der Waals surface area contributed by atoms with Crippen LogP contribution in [0.3, 0.4) is 0 Å². The van der Waals surface area contributed by atoms with Gasteiger partial charge in [0.2, 0.25) is 11.8 Å². The standard InChI is InChI=1S/C19H19N5O3S/c25-17-9-8-15(14-6-2-1-3-7-14)22-24(17)12-16-20-21-19(27-16)28-13-18(26)23-10-4-5-11-23/h1-3,6-9H,4-5,10-13H2. The van der Waals surface area contributed by atoms with E-state index in [1.165, 1.54) is 22.5 Å². The topological polar surface area (TPSA) is 94.1 Å². The third-order valence-corrected chi connectivity index (χ3v) is 5.25. The Balaban J connectivity index is 1.42. The number of benzene rings is 1. The molecular weight excluding hydrogens is 378 g/mol. The lowest BCUT2D eigenvalue weighted by Crippen LogP contribution is -2.29. The molecule has 4 rings (SSSR count). The van der Waals surface area contributed by atoms with Crippen LogP contribution in [0.5, 0.6) is 0 Å². The van der Waals surface area contributed by atoms with Crippen LogP contribution >= 0.6 is 11.8 Å². The van der Waals surface area contributed by atoms with E-state index in [2.05, 4.69) is 15.3 Å². The highest BCUT2D eigenvalue weighted by Crippen LogP contribution is 2.19. The second-order valence-electron chi connectivity index (χ2n) is 6.42. The van der Waals surface area contributed by atoms with Crippen molar-refractivity contribution in [1.29, 1.82) is 0 Å². The first-order valence-corrected chi connectivity index (χ1v) is 10.0. The van der Waals surface area contributed by atoms with E-state index in [0.717, 1.165) is 31.5 Å². The van der Waals surface area contributed by atoms with E-state index in [1.54, 1.807) is 6.07 Å². The number of carbonyl (C=O) groups excluding carboxylic acids is 1. The molecule has 0 saturated carbocycles. The van der Waals surface area contributed by atoms with Crippen molar-refractivity contribution in [2.75, 3.05) is 18.8 Å². The van der Waals surface area contributed by atoms with Crippen LogP contribution in [0.15, 0.2) is 56.9 Å². The summed E-state index contributed by atoms with van der Waals surface area (Å²) in [6, 6.07) is 12.8. The average molecular weight is 397 g/mol. The first kappa shape index (κ1) is 18.4. The van der Waals surface area contributed by atoms with Crippen molar-refractivity contribution in [3.63, 3.8) is 0 Å². The molecule has 8 nitrogen and oxygen atoms in total. The largest absolute Gasteiger partial charge is 0.414 e. The van der Waals surface area contributed by atoms with E-state index < -0.39 is 0 Å². The summed E-state index contributed by atoms with van der Waals surface area (Å²) in [7, 11) is 0. The number of rotatable bonds is 6. The molecule has 0 aliphatic carbocycles. The van der Waals surface area contributed by atoms with Gasteiger partial charge < -0.3 is 9.32 Å². The molecule has 0 spiro atoms. The minimum atomic E-state index is -0.253. The van der Waals surface area contributed by atoms with Gasteiger partial charge in [-0.25, -0.2) is 4.68 Å². The van der Waals surface area contributed by atoms with Crippen LogP contribution in [-0.2, 0) is 11.3 Å². The maximum absolute atomic E-state index is 12.1. The Bertz CT molecular complexity index is 1010. The van der Waals surface area contributed by atoms with Crippen LogP contribution in [0.1, 0.15) is 18.7 Å². The zero-order valence-electron chi connectivity index (χ0n) is 15.2. The summed E-state index contributed by atoms with van der Waals surface area (Å²) in [5, 5.41) is 12.6. The van der Waals surface area contributed by atoms with Crippen molar-refractivity contribution in [2.24, 2.45) is 0 Å². The van der Waals surface area contributed by atoms with Gasteiger partial charge in [-0.15, -0.1) is 10.2 Å². The first-order valence-electron chi connectivity index (χ1n) is 9.05. The molecule has 1 saturated heterocycles. The van der Waals surface area contributed by atoms with Gasteiger partial charge in [0, 0.05) is 24.7 Å². The van der Waals surface area contributed by atoms with Crippen LogP contribution in [0.2, 0.25) is 0 Å². The lowest BCUT2D eigenvalue weighted by atomic mass is 10.1. The van der Waals surface area contributed by atoms with E-state index in [0.29, 0.717) is 10.9 Å². The Hall–Kier alpha value is -2.94. The zero-order valence-corrected chi connectivity index (χ0v) is 16.0. The van der Waals surface area contributed by atoms with E-state index in [9.17, 15) is 9.59 Å². The van der Waals surface area contributed by atoms with Crippen molar-refractivity contribution in [3.05, 3.63) is 58.7 Å². The van der Waals surface area contributed by atoms with Gasteiger partial charge >= 0.3 is 0 Å². The molecule has 0 bridgehead atoms. The first-order chi connectivity index (χ1) is 13.7. The highest BCUT2D eigenvalue weighted by atomic mass is 32.2. The third kappa shape index (κ3) is 4.30. The molecule has 2 aromatic heterocycles. The number of thioether (sulfide) groups is 1. The van der Waals surface area contributed by atoms with Crippen molar-refractivity contribution in [1.82, 2.24) is 24.9 Å². The molecule has 0 atom stereocenters. The van der Waals surface area contributed by atoms with Gasteiger partial charge in [0.15, 0.2) is 0 Å². The van der Waals surface area contributed by atoms with E-state index in [1.807, 2.05) is 35.2 Å². The summed E-state index contributed by atoms with van der Waals surface area (Å²) in [5.74, 6) is 0.621. The molecule has 3 aromatic rings. The molecule has 1 amide bonds. The van der Waals surface area contributed by atoms with Crippen LogP contribution in [0.4, 0.5) is 0 Å². The molecule has 0 unspecified atom stereocenters. The van der Waals surface area contributed by atoms with Gasteiger partial charge in [-0.2, -0.15) is 5.10 Å². The summed E-state index contributed by atoms with van der Waals surface area (Å²) in [6.07, 6.45) is 2.12. The summed E-state index contributed by atoms with van der Waals surface area (Å²) < 4.78 is 6.86. The zero-order chi connectivity index (χ0) is 19.3.